The van der Waals surface area contributed by atoms with Gasteiger partial charge in [-0.2, -0.15) is 4.58 Å². The van der Waals surface area contributed by atoms with Gasteiger partial charge in [0.15, 0.2) is 0 Å². The average molecular weight is 936 g/mol. The van der Waals surface area contributed by atoms with Gasteiger partial charge in [-0.25, -0.2) is 0 Å². The van der Waals surface area contributed by atoms with Gasteiger partial charge in [-0.05, 0) is 116 Å². The van der Waals surface area contributed by atoms with E-state index in [4.69, 9.17) is 9.40 Å². The summed E-state index contributed by atoms with van der Waals surface area (Å²) < 4.78 is 9.25. The molecular formula is C68H47N4O+. The van der Waals surface area contributed by atoms with E-state index in [1.807, 2.05) is 12.3 Å². The summed E-state index contributed by atoms with van der Waals surface area (Å²) in [7, 11) is 0. The molecule has 0 amide bonds. The summed E-state index contributed by atoms with van der Waals surface area (Å²) in [4.78, 5) is 10.4. The molecule has 11 aromatic rings. The Morgan fingerprint density at radius 1 is 0.507 bits per heavy atom. The number of hydrogen-bond acceptors (Lipinski definition) is 4. The lowest BCUT2D eigenvalue weighted by Crippen LogP contribution is -2.38. The number of anilines is 5. The maximum atomic E-state index is 6.76. The smallest absolute Gasteiger partial charge is 0.235 e. The van der Waals surface area contributed by atoms with E-state index >= 15 is 0 Å². The number of aromatic nitrogens is 1. The molecule has 5 heteroatoms. The first kappa shape index (κ1) is 41.5. The molecular weight excluding hydrogens is 889 g/mol. The highest BCUT2D eigenvalue weighted by Crippen LogP contribution is 2.52. The Balaban J connectivity index is 1.15. The zero-order valence-corrected chi connectivity index (χ0v) is 40.4. The Hall–Kier alpha value is -9.32. The van der Waals surface area contributed by atoms with E-state index in [-0.39, 0.29) is 5.41 Å². The summed E-state index contributed by atoms with van der Waals surface area (Å²) in [6.07, 6.45) is 5.11. The minimum Gasteiger partial charge on any atom is -0.455 e. The van der Waals surface area contributed by atoms with Crippen LogP contribution in [0.1, 0.15) is 31.4 Å². The minimum absolute atomic E-state index is 0.333. The maximum absolute atomic E-state index is 6.76. The molecule has 0 unspecified atom stereocenters. The molecule has 0 atom stereocenters. The van der Waals surface area contributed by atoms with E-state index < -0.39 is 0 Å². The normalized spacial score (nSPS) is 15.0. The van der Waals surface area contributed by atoms with Crippen LogP contribution in [0.15, 0.2) is 247 Å². The predicted octanol–water partition coefficient (Wildman–Crippen LogP) is 15.1. The number of benzene rings is 9. The summed E-state index contributed by atoms with van der Waals surface area (Å²) in [6, 6.07) is 81.7. The molecule has 2 aliphatic heterocycles. The van der Waals surface area contributed by atoms with Gasteiger partial charge in [0.05, 0.1) is 23.1 Å². The van der Waals surface area contributed by atoms with Gasteiger partial charge in [0.25, 0.3) is 0 Å². The summed E-state index contributed by atoms with van der Waals surface area (Å²) in [6.45, 7) is 4.76. The molecule has 0 spiro atoms. The number of hydrogen-bond donors (Lipinski definition) is 0. The third-order valence-electron chi connectivity index (χ3n) is 15.7. The predicted molar refractivity (Wildman–Crippen MR) is 299 cm³/mol. The van der Waals surface area contributed by atoms with Crippen molar-refractivity contribution in [3.05, 3.63) is 285 Å². The van der Waals surface area contributed by atoms with Crippen LogP contribution in [-0.2, 0) is 5.41 Å². The first-order valence-electron chi connectivity index (χ1n) is 25.2. The molecule has 73 heavy (non-hydrogen) atoms. The molecule has 5 nitrogen and oxygen atoms in total. The van der Waals surface area contributed by atoms with Crippen molar-refractivity contribution in [3.8, 4) is 11.1 Å². The van der Waals surface area contributed by atoms with Crippen LogP contribution in [0.25, 0.3) is 44.2 Å². The SMILES string of the molecule is CC1(C)c2ccccc2N(c2ccccc2)c2cc3c(cc21)=c1ncccc1=C1CC2=[N+](c4ccccc4)c4ccccc4N(c4ccccc4)C2=CC1=c1ccc(-c2cccc4c2oc2ccccc24)cc1=3. The molecule has 2 aromatic heterocycles. The quantitative estimate of drug-likeness (QED) is 0.165. The van der Waals surface area contributed by atoms with E-state index in [2.05, 4.69) is 253 Å². The number of pyridine rings is 1. The Morgan fingerprint density at radius 3 is 2.01 bits per heavy atom. The molecule has 0 bridgehead atoms. The summed E-state index contributed by atoms with van der Waals surface area (Å²) in [5, 5.41) is 8.88. The fourth-order valence-electron chi connectivity index (χ4n) is 12.4. The van der Waals surface area contributed by atoms with Gasteiger partial charge in [0.1, 0.15) is 22.6 Å². The highest BCUT2D eigenvalue weighted by atomic mass is 16.3. The second-order valence-electron chi connectivity index (χ2n) is 20.0. The number of para-hydroxylation sites is 8. The molecule has 4 aliphatic rings. The van der Waals surface area contributed by atoms with Crippen LogP contribution < -0.4 is 24.8 Å². The summed E-state index contributed by atoms with van der Waals surface area (Å²) in [5.41, 5.74) is 18.8. The number of fused-ring (bicyclic) bond motifs is 11. The zero-order chi connectivity index (χ0) is 48.4. The van der Waals surface area contributed by atoms with Gasteiger partial charge in [0, 0.05) is 68.0 Å². The third-order valence-corrected chi connectivity index (χ3v) is 15.7. The van der Waals surface area contributed by atoms with Gasteiger partial charge in [-0.15, -0.1) is 0 Å². The molecule has 4 heterocycles. The molecule has 344 valence electrons. The van der Waals surface area contributed by atoms with Crippen LogP contribution in [0.3, 0.4) is 0 Å². The largest absolute Gasteiger partial charge is 0.455 e. The minimum atomic E-state index is -0.333. The van der Waals surface area contributed by atoms with Crippen LogP contribution in [0, 0.1) is 21.0 Å². The second kappa shape index (κ2) is 15.8. The van der Waals surface area contributed by atoms with Gasteiger partial charge in [-0.1, -0.05) is 153 Å². The first-order valence-corrected chi connectivity index (χ1v) is 25.2. The van der Waals surface area contributed by atoms with Crippen LogP contribution in [-0.4, -0.2) is 10.7 Å². The van der Waals surface area contributed by atoms with Crippen molar-refractivity contribution in [1.29, 1.82) is 0 Å². The third kappa shape index (κ3) is 6.15. The van der Waals surface area contributed by atoms with Crippen LogP contribution >= 0.6 is 0 Å². The fraction of sp³-hybridized carbons (Fsp3) is 0.0588. The molecule has 0 N–H and O–H groups in total. The van der Waals surface area contributed by atoms with Crippen molar-refractivity contribution in [1.82, 2.24) is 9.56 Å². The molecule has 2 aliphatic carbocycles. The van der Waals surface area contributed by atoms with Crippen LogP contribution in [0.2, 0.25) is 0 Å². The number of allylic oxidation sites excluding steroid dienone is 2. The average Bonchev–Trinajstić information content (AvgIpc) is 3.84. The Kier molecular flexibility index (Phi) is 9.00. The summed E-state index contributed by atoms with van der Waals surface area (Å²) in [5.74, 6) is 0. The molecule has 0 saturated carbocycles. The van der Waals surface area contributed by atoms with Crippen molar-refractivity contribution in [2.24, 2.45) is 0 Å². The molecule has 15 rings (SSSR count). The van der Waals surface area contributed by atoms with E-state index in [1.54, 1.807) is 0 Å². The van der Waals surface area contributed by atoms with E-state index in [1.165, 1.54) is 33.7 Å². The lowest BCUT2D eigenvalue weighted by molar-refractivity contribution is 0.631. The standard InChI is InChI=1S/C68H47N4O/c1-68(2)57-30-13-14-31-59(57)70(44-20-6-3-7-21-44)62-40-55-52-38-43(47-27-18-28-51-49-26-12-17-34-65(49)73-67(47)51)35-36-48(52)53-41-63-64(42-54(53)50-29-19-37-69-66(50)56(55)39-58(62)68)72(46-24-10-5-11-25-46)61-33-16-15-32-60(61)71(63)45-22-8-4-9-23-45/h3-41H,42H2,1-2H3/q+1. The molecule has 0 radical (unpaired) electrons. The van der Waals surface area contributed by atoms with Crippen LogP contribution in [0.4, 0.5) is 39.8 Å². The Bertz CT molecular complexity index is 4560. The van der Waals surface area contributed by atoms with Crippen molar-refractivity contribution in [2.45, 2.75) is 25.7 Å². The second-order valence-corrected chi connectivity index (χ2v) is 20.0. The molecule has 0 saturated heterocycles. The Labute approximate surface area is 422 Å². The number of nitrogens with zero attached hydrogens (tertiary/aromatic N) is 4. The van der Waals surface area contributed by atoms with Gasteiger partial charge in [0.2, 0.25) is 17.1 Å². The molecule has 0 fully saturated rings. The van der Waals surface area contributed by atoms with Gasteiger partial charge >= 0.3 is 0 Å². The maximum Gasteiger partial charge on any atom is 0.235 e. The lowest BCUT2D eigenvalue weighted by atomic mass is 9.73. The van der Waals surface area contributed by atoms with Crippen molar-refractivity contribution < 1.29 is 4.42 Å². The van der Waals surface area contributed by atoms with E-state index in [0.29, 0.717) is 6.42 Å². The number of rotatable bonds is 4. The Morgan fingerprint density at radius 2 is 1.19 bits per heavy atom. The van der Waals surface area contributed by atoms with E-state index in [9.17, 15) is 0 Å². The van der Waals surface area contributed by atoms with Crippen molar-refractivity contribution >= 4 is 78.6 Å². The topological polar surface area (TPSA) is 35.5 Å². The van der Waals surface area contributed by atoms with Crippen LogP contribution in [0.5, 0.6) is 0 Å². The number of furan rings is 1. The monoisotopic (exact) mass is 935 g/mol. The fourth-order valence-corrected chi connectivity index (χ4v) is 12.4. The van der Waals surface area contributed by atoms with E-state index in [0.717, 1.165) is 104 Å². The van der Waals surface area contributed by atoms with Crippen molar-refractivity contribution in [2.75, 3.05) is 9.80 Å². The van der Waals surface area contributed by atoms with Crippen molar-refractivity contribution in [3.63, 3.8) is 0 Å². The van der Waals surface area contributed by atoms with Gasteiger partial charge < -0.3 is 9.32 Å². The summed E-state index contributed by atoms with van der Waals surface area (Å²) >= 11 is 0. The molecule has 9 aromatic carbocycles. The zero-order valence-electron chi connectivity index (χ0n) is 40.4. The highest BCUT2D eigenvalue weighted by Gasteiger charge is 2.42. The first-order chi connectivity index (χ1) is 36.0. The lowest BCUT2D eigenvalue weighted by Gasteiger charge is -2.42. The highest BCUT2D eigenvalue weighted by molar-refractivity contribution is 6.22. The van der Waals surface area contributed by atoms with Gasteiger partial charge in [-0.3, -0.25) is 9.88 Å².